The van der Waals surface area contributed by atoms with E-state index in [-0.39, 0.29) is 5.91 Å². The number of rotatable bonds is 0. The van der Waals surface area contributed by atoms with Crippen molar-refractivity contribution in [2.75, 3.05) is 10.6 Å². The van der Waals surface area contributed by atoms with Crippen molar-refractivity contribution in [3.05, 3.63) is 41.4 Å². The lowest BCUT2D eigenvalue weighted by atomic mass is 10.3. The average Bonchev–Trinajstić information content (AvgIpc) is 2.46. The number of carbonyl (C=O) groups is 1. The predicted octanol–water partition coefficient (Wildman–Crippen LogP) is 2.44. The van der Waals surface area contributed by atoms with Gasteiger partial charge in [-0.25, -0.2) is 9.97 Å². The van der Waals surface area contributed by atoms with Crippen LogP contribution in [-0.4, -0.2) is 15.9 Å². The van der Waals surface area contributed by atoms with E-state index in [1.807, 2.05) is 0 Å². The summed E-state index contributed by atoms with van der Waals surface area (Å²) in [5.74, 6) is -0.268. The zero-order valence-electron chi connectivity index (χ0n) is 8.57. The van der Waals surface area contributed by atoms with Crippen LogP contribution in [-0.2, 0) is 0 Å². The van der Waals surface area contributed by atoms with E-state index in [1.54, 1.807) is 24.4 Å². The molecule has 0 atom stereocenters. The largest absolute Gasteiger partial charge is 0.352 e. The van der Waals surface area contributed by atoms with Crippen LogP contribution < -0.4 is 10.6 Å². The molecule has 0 aliphatic carbocycles. The molecule has 0 aromatic carbocycles. The van der Waals surface area contributed by atoms with Crippen LogP contribution >= 0.6 is 11.6 Å². The number of hydrogen-bond acceptors (Lipinski definition) is 4. The Labute approximate surface area is 102 Å². The summed E-state index contributed by atoms with van der Waals surface area (Å²) in [7, 11) is 0. The molecule has 0 saturated heterocycles. The SMILES string of the molecule is O=C1Nc2cnc(Cl)cc2Nc2cccnc21. The summed E-state index contributed by atoms with van der Waals surface area (Å²) in [5, 5.41) is 6.18. The molecule has 84 valence electrons. The molecule has 3 rings (SSSR count). The normalized spacial score (nSPS) is 12.9. The van der Waals surface area contributed by atoms with Crippen molar-refractivity contribution in [1.82, 2.24) is 9.97 Å². The second kappa shape index (κ2) is 3.71. The monoisotopic (exact) mass is 246 g/mol. The molecule has 6 heteroatoms. The van der Waals surface area contributed by atoms with Crippen LogP contribution in [0.5, 0.6) is 0 Å². The molecule has 0 unspecified atom stereocenters. The maximum atomic E-state index is 11.9. The van der Waals surface area contributed by atoms with Crippen LogP contribution in [0.2, 0.25) is 5.15 Å². The van der Waals surface area contributed by atoms with Gasteiger partial charge in [-0.05, 0) is 12.1 Å². The Balaban J connectivity index is 2.18. The topological polar surface area (TPSA) is 66.9 Å². The van der Waals surface area contributed by atoms with E-state index in [1.165, 1.54) is 6.20 Å². The van der Waals surface area contributed by atoms with Gasteiger partial charge in [0.2, 0.25) is 0 Å². The van der Waals surface area contributed by atoms with Gasteiger partial charge in [-0.15, -0.1) is 0 Å². The fourth-order valence-corrected chi connectivity index (χ4v) is 1.80. The summed E-state index contributed by atoms with van der Waals surface area (Å²) < 4.78 is 0. The van der Waals surface area contributed by atoms with E-state index < -0.39 is 0 Å². The third kappa shape index (κ3) is 1.70. The number of carbonyl (C=O) groups excluding carboxylic acids is 1. The minimum Gasteiger partial charge on any atom is -0.352 e. The Morgan fingerprint density at radius 1 is 1.12 bits per heavy atom. The Kier molecular flexibility index (Phi) is 2.19. The molecule has 0 fully saturated rings. The molecule has 0 spiro atoms. The van der Waals surface area contributed by atoms with Crippen molar-refractivity contribution >= 4 is 34.6 Å². The lowest BCUT2D eigenvalue weighted by Gasteiger charge is -2.07. The van der Waals surface area contributed by atoms with Gasteiger partial charge in [-0.1, -0.05) is 11.6 Å². The number of pyridine rings is 2. The Morgan fingerprint density at radius 2 is 2.00 bits per heavy atom. The molecule has 3 heterocycles. The molecule has 1 aliphatic heterocycles. The molecule has 2 aromatic heterocycles. The van der Waals surface area contributed by atoms with E-state index in [2.05, 4.69) is 20.6 Å². The fourth-order valence-electron chi connectivity index (χ4n) is 1.65. The molecule has 0 bridgehead atoms. The van der Waals surface area contributed by atoms with Gasteiger partial charge in [-0.2, -0.15) is 0 Å². The molecule has 1 aliphatic rings. The summed E-state index contributed by atoms with van der Waals surface area (Å²) in [6, 6.07) is 5.19. The van der Waals surface area contributed by atoms with E-state index in [4.69, 9.17) is 11.6 Å². The number of amides is 1. The predicted molar refractivity (Wildman–Crippen MR) is 64.7 cm³/mol. The van der Waals surface area contributed by atoms with Gasteiger partial charge in [0.15, 0.2) is 5.69 Å². The van der Waals surface area contributed by atoms with E-state index >= 15 is 0 Å². The van der Waals surface area contributed by atoms with Gasteiger partial charge < -0.3 is 10.6 Å². The quantitative estimate of drug-likeness (QED) is 0.701. The highest BCUT2D eigenvalue weighted by molar-refractivity contribution is 6.30. The number of hydrogen-bond donors (Lipinski definition) is 2. The van der Waals surface area contributed by atoms with Crippen LogP contribution in [0.15, 0.2) is 30.6 Å². The van der Waals surface area contributed by atoms with Gasteiger partial charge in [-0.3, -0.25) is 4.79 Å². The summed E-state index contributed by atoms with van der Waals surface area (Å²) in [6.07, 6.45) is 3.08. The molecule has 2 aromatic rings. The fraction of sp³-hybridized carbons (Fsp3) is 0. The Bertz CT molecular complexity index is 614. The molecule has 2 N–H and O–H groups in total. The number of anilines is 3. The van der Waals surface area contributed by atoms with Crippen molar-refractivity contribution in [2.45, 2.75) is 0 Å². The van der Waals surface area contributed by atoms with Gasteiger partial charge >= 0.3 is 0 Å². The second-order valence-electron chi connectivity index (χ2n) is 3.53. The summed E-state index contributed by atoms with van der Waals surface area (Å²) in [5.41, 5.74) is 2.27. The number of nitrogens with zero attached hydrogens (tertiary/aromatic N) is 2. The minimum atomic E-state index is -0.268. The van der Waals surface area contributed by atoms with Crippen molar-refractivity contribution < 1.29 is 4.79 Å². The minimum absolute atomic E-state index is 0.268. The number of halogens is 1. The lowest BCUT2D eigenvalue weighted by molar-refractivity contribution is 0.102. The number of nitrogens with one attached hydrogen (secondary N) is 2. The molecule has 5 nitrogen and oxygen atoms in total. The van der Waals surface area contributed by atoms with Crippen LogP contribution in [0.4, 0.5) is 17.1 Å². The van der Waals surface area contributed by atoms with E-state index in [9.17, 15) is 4.79 Å². The maximum absolute atomic E-state index is 11.9. The smallest absolute Gasteiger partial charge is 0.276 e. The van der Waals surface area contributed by atoms with Crippen LogP contribution in [0.25, 0.3) is 0 Å². The van der Waals surface area contributed by atoms with Crippen molar-refractivity contribution in [3.8, 4) is 0 Å². The first-order valence-corrected chi connectivity index (χ1v) is 5.31. The third-order valence-corrected chi connectivity index (χ3v) is 2.62. The number of aromatic nitrogens is 2. The van der Waals surface area contributed by atoms with Crippen molar-refractivity contribution in [2.24, 2.45) is 0 Å². The summed E-state index contributed by atoms with van der Waals surface area (Å²) >= 11 is 5.81. The van der Waals surface area contributed by atoms with Crippen molar-refractivity contribution in [1.29, 1.82) is 0 Å². The molecule has 0 saturated carbocycles. The standard InChI is InChI=1S/C11H7ClN4O/c12-9-4-7-8(5-14-9)16-11(17)10-6(15-7)2-1-3-13-10/h1-5,15H,(H,16,17). The Hall–Kier alpha value is -2.14. The van der Waals surface area contributed by atoms with Crippen LogP contribution in [0, 0.1) is 0 Å². The first-order valence-electron chi connectivity index (χ1n) is 4.93. The molecule has 1 amide bonds. The van der Waals surface area contributed by atoms with E-state index in [0.29, 0.717) is 27.9 Å². The van der Waals surface area contributed by atoms with Gasteiger partial charge in [0.1, 0.15) is 5.15 Å². The van der Waals surface area contributed by atoms with Gasteiger partial charge in [0, 0.05) is 12.3 Å². The highest BCUT2D eigenvalue weighted by Gasteiger charge is 2.19. The molecule has 0 radical (unpaired) electrons. The summed E-state index contributed by atoms with van der Waals surface area (Å²) in [4.78, 5) is 19.8. The number of fused-ring (bicyclic) bond motifs is 2. The highest BCUT2D eigenvalue weighted by atomic mass is 35.5. The Morgan fingerprint density at radius 3 is 2.88 bits per heavy atom. The zero-order chi connectivity index (χ0) is 11.8. The van der Waals surface area contributed by atoms with Gasteiger partial charge in [0.25, 0.3) is 5.91 Å². The van der Waals surface area contributed by atoms with Gasteiger partial charge in [0.05, 0.1) is 23.3 Å². The van der Waals surface area contributed by atoms with E-state index in [0.717, 1.165) is 0 Å². The molecular weight excluding hydrogens is 240 g/mol. The first-order chi connectivity index (χ1) is 8.24. The maximum Gasteiger partial charge on any atom is 0.276 e. The highest BCUT2D eigenvalue weighted by Crippen LogP contribution is 2.31. The lowest BCUT2D eigenvalue weighted by Crippen LogP contribution is -2.12. The zero-order valence-corrected chi connectivity index (χ0v) is 9.32. The second-order valence-corrected chi connectivity index (χ2v) is 3.92. The van der Waals surface area contributed by atoms with Crippen LogP contribution in [0.3, 0.4) is 0 Å². The first kappa shape index (κ1) is 10.0. The van der Waals surface area contributed by atoms with Crippen molar-refractivity contribution in [3.63, 3.8) is 0 Å². The molecule has 17 heavy (non-hydrogen) atoms. The molecular formula is C11H7ClN4O. The third-order valence-electron chi connectivity index (χ3n) is 2.41. The average molecular weight is 247 g/mol. The van der Waals surface area contributed by atoms with Crippen LogP contribution in [0.1, 0.15) is 10.5 Å². The summed E-state index contributed by atoms with van der Waals surface area (Å²) in [6.45, 7) is 0.